The third-order valence-corrected chi connectivity index (χ3v) is 4.27. The molecule has 29 heavy (non-hydrogen) atoms. The number of carbonyl (C=O) groups excluding carboxylic acids is 2. The van der Waals surface area contributed by atoms with E-state index in [4.69, 9.17) is 18.7 Å². The van der Waals surface area contributed by atoms with Gasteiger partial charge in [-0.05, 0) is 19.1 Å². The molecule has 2 aromatic carbocycles. The Hall–Kier alpha value is -3.81. The summed E-state index contributed by atoms with van der Waals surface area (Å²) in [5, 5.41) is 6.60. The summed E-state index contributed by atoms with van der Waals surface area (Å²) in [6.07, 6.45) is 0. The number of esters is 1. The maximum atomic E-state index is 12.5. The molecule has 148 valence electrons. The van der Waals surface area contributed by atoms with Crippen LogP contribution in [-0.2, 0) is 9.53 Å². The molecule has 8 nitrogen and oxygen atoms in total. The van der Waals surface area contributed by atoms with E-state index < -0.39 is 18.5 Å². The van der Waals surface area contributed by atoms with Gasteiger partial charge in [-0.15, -0.1) is 0 Å². The highest BCUT2D eigenvalue weighted by molar-refractivity contribution is 5.99. The second kappa shape index (κ2) is 8.05. The SMILES string of the molecule is Cc1onc(-c2ccccc2)c1C(=O)OCC(=O)Nc1ccc2c(c1)OCCO2. The highest BCUT2D eigenvalue weighted by Gasteiger charge is 2.23. The number of aryl methyl sites for hydroxylation is 1. The standard InChI is InChI=1S/C21H18N2O6/c1-13-19(20(23-29-13)14-5-3-2-4-6-14)21(25)28-12-18(24)22-15-7-8-16-17(11-15)27-10-9-26-16/h2-8,11H,9-10,12H2,1H3,(H,22,24). The minimum absolute atomic E-state index is 0.198. The number of amides is 1. The number of anilines is 1. The minimum atomic E-state index is -0.681. The van der Waals surface area contributed by atoms with Crippen molar-refractivity contribution in [3.8, 4) is 22.8 Å². The molecule has 0 bridgehead atoms. The van der Waals surface area contributed by atoms with Crippen LogP contribution in [0.2, 0.25) is 0 Å². The number of nitrogens with zero attached hydrogens (tertiary/aromatic N) is 1. The van der Waals surface area contributed by atoms with Gasteiger partial charge in [0.2, 0.25) is 0 Å². The van der Waals surface area contributed by atoms with E-state index in [-0.39, 0.29) is 5.56 Å². The van der Waals surface area contributed by atoms with Gasteiger partial charge < -0.3 is 24.1 Å². The molecule has 4 rings (SSSR count). The minimum Gasteiger partial charge on any atom is -0.486 e. The van der Waals surface area contributed by atoms with Crippen molar-refractivity contribution >= 4 is 17.6 Å². The Balaban J connectivity index is 1.40. The predicted octanol–water partition coefficient (Wildman–Crippen LogP) is 3.22. The van der Waals surface area contributed by atoms with Crippen LogP contribution in [0.3, 0.4) is 0 Å². The van der Waals surface area contributed by atoms with Crippen LogP contribution in [-0.4, -0.2) is 36.9 Å². The average Bonchev–Trinajstić information content (AvgIpc) is 3.14. The van der Waals surface area contributed by atoms with E-state index in [1.165, 1.54) is 0 Å². The molecule has 0 saturated heterocycles. The van der Waals surface area contributed by atoms with Crippen molar-refractivity contribution in [2.45, 2.75) is 6.92 Å². The lowest BCUT2D eigenvalue weighted by atomic mass is 10.1. The number of carbonyl (C=O) groups is 2. The summed E-state index contributed by atoms with van der Waals surface area (Å²) in [6.45, 7) is 2.10. The summed E-state index contributed by atoms with van der Waals surface area (Å²) in [6, 6.07) is 14.2. The van der Waals surface area contributed by atoms with Gasteiger partial charge >= 0.3 is 5.97 Å². The van der Waals surface area contributed by atoms with E-state index in [2.05, 4.69) is 10.5 Å². The van der Waals surface area contributed by atoms with Crippen molar-refractivity contribution < 1.29 is 28.3 Å². The van der Waals surface area contributed by atoms with Gasteiger partial charge in [-0.2, -0.15) is 0 Å². The quantitative estimate of drug-likeness (QED) is 0.663. The molecule has 1 aliphatic rings. The number of benzene rings is 2. The zero-order valence-electron chi connectivity index (χ0n) is 15.6. The normalized spacial score (nSPS) is 12.3. The van der Waals surface area contributed by atoms with Gasteiger partial charge in [0.25, 0.3) is 5.91 Å². The first-order valence-corrected chi connectivity index (χ1v) is 9.00. The number of rotatable bonds is 5. The molecule has 1 amide bonds. The molecular weight excluding hydrogens is 376 g/mol. The number of hydrogen-bond donors (Lipinski definition) is 1. The largest absolute Gasteiger partial charge is 0.486 e. The maximum Gasteiger partial charge on any atom is 0.344 e. The molecule has 1 N–H and O–H groups in total. The molecule has 0 fully saturated rings. The molecule has 1 aromatic heterocycles. The molecule has 2 heterocycles. The van der Waals surface area contributed by atoms with Gasteiger partial charge in [0.15, 0.2) is 18.1 Å². The van der Waals surface area contributed by atoms with Crippen LogP contribution in [0, 0.1) is 6.92 Å². The molecule has 0 spiro atoms. The maximum absolute atomic E-state index is 12.5. The van der Waals surface area contributed by atoms with E-state index in [1.54, 1.807) is 25.1 Å². The van der Waals surface area contributed by atoms with Crippen molar-refractivity contribution in [3.63, 3.8) is 0 Å². The summed E-state index contributed by atoms with van der Waals surface area (Å²) in [5.74, 6) is 0.335. The fourth-order valence-corrected chi connectivity index (χ4v) is 2.93. The molecule has 0 atom stereocenters. The number of ether oxygens (including phenoxy) is 3. The van der Waals surface area contributed by atoms with Crippen LogP contribution in [0.1, 0.15) is 16.1 Å². The Kier molecular flexibility index (Phi) is 5.15. The Labute approximate surface area is 166 Å². The summed E-state index contributed by atoms with van der Waals surface area (Å²) >= 11 is 0. The van der Waals surface area contributed by atoms with Gasteiger partial charge in [-0.1, -0.05) is 35.5 Å². The highest BCUT2D eigenvalue weighted by atomic mass is 16.6. The van der Waals surface area contributed by atoms with Crippen molar-refractivity contribution in [3.05, 3.63) is 59.9 Å². The fourth-order valence-electron chi connectivity index (χ4n) is 2.93. The summed E-state index contributed by atoms with van der Waals surface area (Å²) in [4.78, 5) is 24.7. The molecule has 0 aliphatic carbocycles. The predicted molar refractivity (Wildman–Crippen MR) is 103 cm³/mol. The molecular formula is C21H18N2O6. The van der Waals surface area contributed by atoms with Gasteiger partial charge in [0.05, 0.1) is 0 Å². The van der Waals surface area contributed by atoms with Crippen molar-refractivity contribution in [2.24, 2.45) is 0 Å². The Morgan fingerprint density at radius 2 is 1.83 bits per heavy atom. The van der Waals surface area contributed by atoms with Crippen LogP contribution in [0.15, 0.2) is 53.1 Å². The summed E-state index contributed by atoms with van der Waals surface area (Å²) in [7, 11) is 0. The van der Waals surface area contributed by atoms with E-state index in [0.717, 1.165) is 5.56 Å². The van der Waals surface area contributed by atoms with Crippen molar-refractivity contribution in [1.82, 2.24) is 5.16 Å². The molecule has 0 saturated carbocycles. The van der Waals surface area contributed by atoms with Gasteiger partial charge in [-0.25, -0.2) is 4.79 Å². The lowest BCUT2D eigenvalue weighted by Gasteiger charge is -2.19. The lowest BCUT2D eigenvalue weighted by molar-refractivity contribution is -0.119. The molecule has 1 aliphatic heterocycles. The fraction of sp³-hybridized carbons (Fsp3) is 0.190. The number of fused-ring (bicyclic) bond motifs is 1. The zero-order valence-corrected chi connectivity index (χ0v) is 15.6. The monoisotopic (exact) mass is 394 g/mol. The van der Waals surface area contributed by atoms with E-state index >= 15 is 0 Å². The van der Waals surface area contributed by atoms with Crippen LogP contribution in [0.5, 0.6) is 11.5 Å². The summed E-state index contributed by atoms with van der Waals surface area (Å²) < 4.78 is 21.2. The van der Waals surface area contributed by atoms with Crippen LogP contribution < -0.4 is 14.8 Å². The summed E-state index contributed by atoms with van der Waals surface area (Å²) in [5.41, 5.74) is 1.81. The van der Waals surface area contributed by atoms with Crippen LogP contribution in [0.25, 0.3) is 11.3 Å². The average molecular weight is 394 g/mol. The Morgan fingerprint density at radius 1 is 1.07 bits per heavy atom. The third kappa shape index (κ3) is 4.06. The Bertz CT molecular complexity index is 1040. The topological polar surface area (TPSA) is 99.9 Å². The zero-order chi connectivity index (χ0) is 20.2. The second-order valence-electron chi connectivity index (χ2n) is 6.31. The number of aromatic nitrogens is 1. The first kappa shape index (κ1) is 18.5. The number of nitrogens with one attached hydrogen (secondary N) is 1. The Morgan fingerprint density at radius 3 is 2.62 bits per heavy atom. The van der Waals surface area contributed by atoms with Crippen molar-refractivity contribution in [2.75, 3.05) is 25.1 Å². The van der Waals surface area contributed by atoms with Gasteiger partial charge in [0.1, 0.15) is 30.2 Å². The van der Waals surface area contributed by atoms with Gasteiger partial charge in [0, 0.05) is 17.3 Å². The van der Waals surface area contributed by atoms with E-state index in [1.807, 2.05) is 30.3 Å². The van der Waals surface area contributed by atoms with Crippen molar-refractivity contribution in [1.29, 1.82) is 0 Å². The van der Waals surface area contributed by atoms with E-state index in [0.29, 0.717) is 41.9 Å². The first-order chi connectivity index (χ1) is 14.1. The molecule has 8 heteroatoms. The highest BCUT2D eigenvalue weighted by Crippen LogP contribution is 2.32. The molecule has 0 unspecified atom stereocenters. The van der Waals surface area contributed by atoms with Gasteiger partial charge in [-0.3, -0.25) is 4.79 Å². The van der Waals surface area contributed by atoms with Crippen LogP contribution >= 0.6 is 0 Å². The smallest absolute Gasteiger partial charge is 0.344 e. The van der Waals surface area contributed by atoms with Crippen LogP contribution in [0.4, 0.5) is 5.69 Å². The number of hydrogen-bond acceptors (Lipinski definition) is 7. The second-order valence-corrected chi connectivity index (χ2v) is 6.31. The third-order valence-electron chi connectivity index (χ3n) is 4.27. The first-order valence-electron chi connectivity index (χ1n) is 9.00. The molecule has 0 radical (unpaired) electrons. The van der Waals surface area contributed by atoms with E-state index in [9.17, 15) is 9.59 Å². The lowest BCUT2D eigenvalue weighted by Crippen LogP contribution is -2.21. The molecule has 3 aromatic rings.